The summed E-state index contributed by atoms with van der Waals surface area (Å²) in [5, 5.41) is 0.515. The first-order chi connectivity index (χ1) is 14.6. The summed E-state index contributed by atoms with van der Waals surface area (Å²) in [5.41, 5.74) is 1.53. The Balaban J connectivity index is 1.36. The topological polar surface area (TPSA) is 57.3 Å². The highest BCUT2D eigenvalue weighted by molar-refractivity contribution is 9.10. The third kappa shape index (κ3) is 4.90. The number of nitrogens with zero attached hydrogens (tertiary/aromatic N) is 2. The van der Waals surface area contributed by atoms with Gasteiger partial charge in [-0.2, -0.15) is 0 Å². The van der Waals surface area contributed by atoms with Crippen LogP contribution in [0.25, 0.3) is 11.8 Å². The number of rotatable bonds is 7. The standard InChI is InChI=1S/C23H16BrClN2O3/c24-17-3-10-23(21(25)13-17)29-14-20-7-6-19(30-20)8-9-22(28)16-1-4-18(5-2-16)27-12-11-26-15-27/h1-13,15H,14H2/b9-8+. The molecule has 0 fully saturated rings. The van der Waals surface area contributed by atoms with Crippen LogP contribution >= 0.6 is 27.5 Å². The van der Waals surface area contributed by atoms with Crippen LogP contribution in [0, 0.1) is 0 Å². The first-order valence-electron chi connectivity index (χ1n) is 9.06. The van der Waals surface area contributed by atoms with E-state index in [9.17, 15) is 4.79 Å². The lowest BCUT2D eigenvalue weighted by Crippen LogP contribution is -1.96. The van der Waals surface area contributed by atoms with Crippen molar-refractivity contribution in [1.82, 2.24) is 9.55 Å². The number of furan rings is 1. The molecule has 0 atom stereocenters. The highest BCUT2D eigenvalue weighted by atomic mass is 79.9. The third-order valence-corrected chi connectivity index (χ3v) is 5.09. The molecule has 0 N–H and O–H groups in total. The number of ketones is 1. The van der Waals surface area contributed by atoms with E-state index in [0.717, 1.165) is 10.2 Å². The molecule has 2 heterocycles. The van der Waals surface area contributed by atoms with E-state index in [2.05, 4.69) is 20.9 Å². The van der Waals surface area contributed by atoms with Gasteiger partial charge < -0.3 is 13.7 Å². The van der Waals surface area contributed by atoms with Crippen LogP contribution in [-0.4, -0.2) is 15.3 Å². The Labute approximate surface area is 186 Å². The number of carbonyl (C=O) groups excluding carboxylic acids is 1. The highest BCUT2D eigenvalue weighted by Crippen LogP contribution is 2.28. The second kappa shape index (κ2) is 9.15. The van der Waals surface area contributed by atoms with Crippen LogP contribution in [0.15, 0.2) is 88.3 Å². The molecule has 2 aromatic heterocycles. The lowest BCUT2D eigenvalue weighted by atomic mass is 10.1. The summed E-state index contributed by atoms with van der Waals surface area (Å²) in [6, 6.07) is 16.3. The van der Waals surface area contributed by atoms with Crippen molar-refractivity contribution in [3.63, 3.8) is 0 Å². The first kappa shape index (κ1) is 20.2. The molecule has 0 radical (unpaired) electrons. The van der Waals surface area contributed by atoms with E-state index < -0.39 is 0 Å². The predicted octanol–water partition coefficient (Wildman–Crippen LogP) is 6.36. The summed E-state index contributed by atoms with van der Waals surface area (Å²) < 4.78 is 14.1. The fourth-order valence-electron chi connectivity index (χ4n) is 2.77. The van der Waals surface area contributed by atoms with Crippen molar-refractivity contribution in [2.75, 3.05) is 0 Å². The first-order valence-corrected chi connectivity index (χ1v) is 10.2. The Hall–Kier alpha value is -3.09. The molecule has 0 bridgehead atoms. The quantitative estimate of drug-likeness (QED) is 0.227. The van der Waals surface area contributed by atoms with Crippen LogP contribution in [0.1, 0.15) is 21.9 Å². The SMILES string of the molecule is O=C(/C=C/c1ccc(COc2ccc(Br)cc2Cl)o1)c1ccc(-n2ccnc2)cc1. The number of hydrogen-bond acceptors (Lipinski definition) is 4. The van der Waals surface area contributed by atoms with Crippen molar-refractivity contribution < 1.29 is 13.9 Å². The Morgan fingerprint density at radius 1 is 1.17 bits per heavy atom. The summed E-state index contributed by atoms with van der Waals surface area (Å²) in [5.74, 6) is 1.66. The van der Waals surface area contributed by atoms with E-state index in [1.54, 1.807) is 55.0 Å². The van der Waals surface area contributed by atoms with Gasteiger partial charge in [-0.25, -0.2) is 4.98 Å². The second-order valence-corrected chi connectivity index (χ2v) is 7.70. The summed E-state index contributed by atoms with van der Waals surface area (Å²) in [4.78, 5) is 16.4. The summed E-state index contributed by atoms with van der Waals surface area (Å²) in [6.07, 6.45) is 8.39. The molecule has 0 saturated heterocycles. The number of aromatic nitrogens is 2. The lowest BCUT2D eigenvalue weighted by molar-refractivity contribution is 0.104. The van der Waals surface area contributed by atoms with Crippen molar-refractivity contribution in [2.45, 2.75) is 6.61 Å². The lowest BCUT2D eigenvalue weighted by Gasteiger charge is -2.06. The number of benzene rings is 2. The Bertz CT molecular complexity index is 1180. The molecular formula is C23H16BrClN2O3. The van der Waals surface area contributed by atoms with Crippen molar-refractivity contribution >= 4 is 39.4 Å². The van der Waals surface area contributed by atoms with Crippen molar-refractivity contribution in [3.8, 4) is 11.4 Å². The fourth-order valence-corrected chi connectivity index (χ4v) is 3.49. The minimum atomic E-state index is -0.108. The van der Waals surface area contributed by atoms with Crippen LogP contribution < -0.4 is 4.74 Å². The van der Waals surface area contributed by atoms with Crippen LogP contribution in [0.5, 0.6) is 5.75 Å². The highest BCUT2D eigenvalue weighted by Gasteiger charge is 2.07. The Morgan fingerprint density at radius 3 is 2.73 bits per heavy atom. The maximum Gasteiger partial charge on any atom is 0.185 e. The molecule has 4 rings (SSSR count). The van der Waals surface area contributed by atoms with E-state index in [0.29, 0.717) is 27.9 Å². The van der Waals surface area contributed by atoms with Gasteiger partial charge in [-0.15, -0.1) is 0 Å². The van der Waals surface area contributed by atoms with Gasteiger partial charge in [0.25, 0.3) is 0 Å². The van der Waals surface area contributed by atoms with E-state index in [-0.39, 0.29) is 12.4 Å². The van der Waals surface area contributed by atoms with Crippen molar-refractivity contribution in [2.24, 2.45) is 0 Å². The molecule has 30 heavy (non-hydrogen) atoms. The molecule has 0 saturated carbocycles. The smallest absolute Gasteiger partial charge is 0.185 e. The zero-order valence-electron chi connectivity index (χ0n) is 15.7. The Morgan fingerprint density at radius 2 is 2.00 bits per heavy atom. The molecule has 0 unspecified atom stereocenters. The third-order valence-electron chi connectivity index (χ3n) is 4.30. The van der Waals surface area contributed by atoms with Gasteiger partial charge in [0.1, 0.15) is 23.9 Å². The molecule has 0 amide bonds. The number of imidazole rings is 1. The molecule has 0 aliphatic heterocycles. The van der Waals surface area contributed by atoms with Crippen LogP contribution in [-0.2, 0) is 6.61 Å². The number of carbonyl (C=O) groups is 1. The number of ether oxygens (including phenoxy) is 1. The van der Waals surface area contributed by atoms with Gasteiger partial charge >= 0.3 is 0 Å². The maximum absolute atomic E-state index is 12.4. The average molecular weight is 484 g/mol. The van der Waals surface area contributed by atoms with Crippen LogP contribution in [0.3, 0.4) is 0 Å². The molecule has 0 aliphatic carbocycles. The normalized spacial score (nSPS) is 11.1. The number of hydrogen-bond donors (Lipinski definition) is 0. The van der Waals surface area contributed by atoms with Crippen molar-refractivity contribution in [1.29, 1.82) is 0 Å². The van der Waals surface area contributed by atoms with E-state index in [4.69, 9.17) is 20.8 Å². The van der Waals surface area contributed by atoms with E-state index in [1.165, 1.54) is 6.08 Å². The molecule has 0 spiro atoms. The maximum atomic E-state index is 12.4. The molecule has 4 aromatic rings. The zero-order chi connectivity index (χ0) is 20.9. The van der Waals surface area contributed by atoms with Crippen LogP contribution in [0.4, 0.5) is 0 Å². The Kier molecular flexibility index (Phi) is 6.16. The summed E-state index contributed by atoms with van der Waals surface area (Å²) in [6.45, 7) is 0.235. The molecular weight excluding hydrogens is 468 g/mol. The monoisotopic (exact) mass is 482 g/mol. The van der Waals surface area contributed by atoms with Gasteiger partial charge in [0.2, 0.25) is 0 Å². The fraction of sp³-hybridized carbons (Fsp3) is 0.0435. The zero-order valence-corrected chi connectivity index (χ0v) is 18.0. The largest absolute Gasteiger partial charge is 0.484 e. The summed E-state index contributed by atoms with van der Waals surface area (Å²) >= 11 is 9.50. The van der Waals surface area contributed by atoms with E-state index in [1.807, 2.05) is 29.0 Å². The molecule has 7 heteroatoms. The van der Waals surface area contributed by atoms with Gasteiger partial charge in [0, 0.05) is 28.1 Å². The van der Waals surface area contributed by atoms with Gasteiger partial charge in [-0.1, -0.05) is 27.5 Å². The van der Waals surface area contributed by atoms with E-state index >= 15 is 0 Å². The van der Waals surface area contributed by atoms with Gasteiger partial charge in [0.15, 0.2) is 5.78 Å². The number of allylic oxidation sites excluding steroid dienone is 1. The van der Waals surface area contributed by atoms with Gasteiger partial charge in [-0.05, 0) is 66.7 Å². The summed E-state index contributed by atoms with van der Waals surface area (Å²) in [7, 11) is 0. The molecule has 5 nitrogen and oxygen atoms in total. The average Bonchev–Trinajstić information content (AvgIpc) is 3.44. The molecule has 150 valence electrons. The molecule has 0 aliphatic rings. The van der Waals surface area contributed by atoms with Crippen molar-refractivity contribution in [3.05, 3.63) is 106 Å². The molecule has 2 aromatic carbocycles. The van der Waals surface area contributed by atoms with Gasteiger partial charge in [-0.3, -0.25) is 4.79 Å². The van der Waals surface area contributed by atoms with Crippen LogP contribution in [0.2, 0.25) is 5.02 Å². The second-order valence-electron chi connectivity index (χ2n) is 6.38. The predicted molar refractivity (Wildman–Crippen MR) is 119 cm³/mol. The number of halogens is 2. The minimum Gasteiger partial charge on any atom is -0.484 e. The van der Waals surface area contributed by atoms with Gasteiger partial charge in [0.05, 0.1) is 11.3 Å². The minimum absolute atomic E-state index is 0.108.